The summed E-state index contributed by atoms with van der Waals surface area (Å²) < 4.78 is 1.92. The zero-order valence-corrected chi connectivity index (χ0v) is 12.1. The monoisotopic (exact) mass is 254 g/mol. The molecule has 0 unspecified atom stereocenters. The van der Waals surface area contributed by atoms with E-state index in [1.165, 1.54) is 5.56 Å². The van der Waals surface area contributed by atoms with Crippen molar-refractivity contribution < 1.29 is 0 Å². The molecular weight excluding hydrogens is 236 g/mol. The van der Waals surface area contributed by atoms with Crippen molar-refractivity contribution in [3.05, 3.63) is 53.9 Å². The Morgan fingerprint density at radius 3 is 2.44 bits per heavy atom. The normalized spacial score (nSPS) is 10.8. The summed E-state index contributed by atoms with van der Waals surface area (Å²) in [5.74, 6) is 3.26. The lowest BCUT2D eigenvalue weighted by atomic mass is 10.1. The van der Waals surface area contributed by atoms with Crippen molar-refractivity contribution in [1.29, 1.82) is 0 Å². The zero-order valence-electron chi connectivity index (χ0n) is 11.1. The first kappa shape index (κ1) is 12.7. The predicted octanol–water partition coefficient (Wildman–Crippen LogP) is 3.16. The van der Waals surface area contributed by atoms with Crippen LogP contribution in [0.1, 0.15) is 11.1 Å². The fourth-order valence-corrected chi connectivity index (χ4v) is 2.05. The summed E-state index contributed by atoms with van der Waals surface area (Å²) in [6.07, 6.45) is 3.77. The highest BCUT2D eigenvalue weighted by Crippen LogP contribution is 2.06. The van der Waals surface area contributed by atoms with Crippen molar-refractivity contribution in [2.75, 3.05) is 0 Å². The molecule has 0 saturated heterocycles. The standard InChI is InChI=1S/C15H18N2Si/c1-18(2,3)12-9-14-5-7-15(8-6-14)13-17-11-4-10-16-17/h4-8,10-11H,13H2,1-3H3. The summed E-state index contributed by atoms with van der Waals surface area (Å²) >= 11 is 0. The summed E-state index contributed by atoms with van der Waals surface area (Å²) in [4.78, 5) is 0. The van der Waals surface area contributed by atoms with Gasteiger partial charge in [0.1, 0.15) is 8.07 Å². The van der Waals surface area contributed by atoms with E-state index in [-0.39, 0.29) is 0 Å². The minimum absolute atomic E-state index is 0.814. The number of benzene rings is 1. The number of hydrogen-bond donors (Lipinski definition) is 0. The van der Waals surface area contributed by atoms with Crippen LogP contribution in [0.2, 0.25) is 19.6 Å². The number of hydrogen-bond acceptors (Lipinski definition) is 1. The highest BCUT2D eigenvalue weighted by atomic mass is 28.3. The molecule has 18 heavy (non-hydrogen) atoms. The Labute approximate surface area is 110 Å². The van der Waals surface area contributed by atoms with Crippen LogP contribution in [0.3, 0.4) is 0 Å². The molecular formula is C15H18N2Si. The van der Waals surface area contributed by atoms with Crippen LogP contribution in [0.25, 0.3) is 0 Å². The largest absolute Gasteiger partial charge is 0.268 e. The molecule has 1 aromatic carbocycles. The fourth-order valence-electron chi connectivity index (χ4n) is 1.53. The minimum atomic E-state index is -1.28. The van der Waals surface area contributed by atoms with Gasteiger partial charge in [-0.25, -0.2) is 0 Å². The van der Waals surface area contributed by atoms with E-state index in [4.69, 9.17) is 0 Å². The van der Waals surface area contributed by atoms with Crippen LogP contribution in [0.15, 0.2) is 42.7 Å². The van der Waals surface area contributed by atoms with Crippen molar-refractivity contribution in [1.82, 2.24) is 9.78 Å². The van der Waals surface area contributed by atoms with Crippen molar-refractivity contribution in [2.24, 2.45) is 0 Å². The molecule has 0 atom stereocenters. The molecule has 0 aliphatic heterocycles. The van der Waals surface area contributed by atoms with Gasteiger partial charge in [0.25, 0.3) is 0 Å². The second-order valence-corrected chi connectivity index (χ2v) is 10.2. The predicted molar refractivity (Wildman–Crippen MR) is 78.0 cm³/mol. The molecule has 2 nitrogen and oxygen atoms in total. The van der Waals surface area contributed by atoms with Crippen molar-refractivity contribution in [3.63, 3.8) is 0 Å². The Morgan fingerprint density at radius 1 is 1.17 bits per heavy atom. The van der Waals surface area contributed by atoms with Gasteiger partial charge in [-0.3, -0.25) is 4.68 Å². The Kier molecular flexibility index (Phi) is 3.68. The van der Waals surface area contributed by atoms with Crippen LogP contribution >= 0.6 is 0 Å². The van der Waals surface area contributed by atoms with Crippen LogP contribution in [0, 0.1) is 11.5 Å². The zero-order chi connectivity index (χ0) is 13.0. The van der Waals surface area contributed by atoms with Gasteiger partial charge in [0.2, 0.25) is 0 Å². The van der Waals surface area contributed by atoms with E-state index >= 15 is 0 Å². The van der Waals surface area contributed by atoms with E-state index in [0.717, 1.165) is 12.1 Å². The quantitative estimate of drug-likeness (QED) is 0.594. The molecule has 0 N–H and O–H groups in total. The summed E-state index contributed by atoms with van der Waals surface area (Å²) in [6, 6.07) is 10.4. The number of nitrogens with zero attached hydrogens (tertiary/aromatic N) is 2. The summed E-state index contributed by atoms with van der Waals surface area (Å²) in [7, 11) is -1.28. The first-order valence-electron chi connectivity index (χ1n) is 6.12. The lowest BCUT2D eigenvalue weighted by Crippen LogP contribution is -2.16. The molecule has 92 valence electrons. The van der Waals surface area contributed by atoms with Crippen LogP contribution in [0.5, 0.6) is 0 Å². The van der Waals surface area contributed by atoms with Crippen LogP contribution in [-0.4, -0.2) is 17.9 Å². The van der Waals surface area contributed by atoms with Gasteiger partial charge in [0, 0.05) is 18.0 Å². The van der Waals surface area contributed by atoms with Gasteiger partial charge in [-0.1, -0.05) is 37.7 Å². The molecule has 0 bridgehead atoms. The lowest BCUT2D eigenvalue weighted by molar-refractivity contribution is 0.687. The molecule has 1 aromatic heterocycles. The highest BCUT2D eigenvalue weighted by Gasteiger charge is 2.07. The van der Waals surface area contributed by atoms with Gasteiger partial charge in [-0.2, -0.15) is 5.10 Å². The molecule has 2 rings (SSSR count). The minimum Gasteiger partial charge on any atom is -0.268 e. The molecule has 0 saturated carbocycles. The first-order valence-corrected chi connectivity index (χ1v) is 9.62. The third kappa shape index (κ3) is 3.90. The molecule has 0 radical (unpaired) electrons. The van der Waals surface area contributed by atoms with Crippen LogP contribution < -0.4 is 0 Å². The number of rotatable bonds is 2. The van der Waals surface area contributed by atoms with Gasteiger partial charge in [-0.15, -0.1) is 5.54 Å². The van der Waals surface area contributed by atoms with E-state index in [2.05, 4.69) is 60.5 Å². The van der Waals surface area contributed by atoms with Gasteiger partial charge in [0.15, 0.2) is 0 Å². The summed E-state index contributed by atoms with van der Waals surface area (Å²) in [6.45, 7) is 7.58. The summed E-state index contributed by atoms with van der Waals surface area (Å²) in [5, 5.41) is 4.20. The van der Waals surface area contributed by atoms with Crippen molar-refractivity contribution in [2.45, 2.75) is 26.2 Å². The van der Waals surface area contributed by atoms with Gasteiger partial charge >= 0.3 is 0 Å². The smallest absolute Gasteiger partial charge is 0.129 e. The fraction of sp³-hybridized carbons (Fsp3) is 0.267. The Hall–Kier alpha value is -1.79. The average molecular weight is 254 g/mol. The highest BCUT2D eigenvalue weighted by molar-refractivity contribution is 6.83. The second-order valence-electron chi connectivity index (χ2n) is 5.40. The van der Waals surface area contributed by atoms with E-state index in [1.807, 2.05) is 16.9 Å². The van der Waals surface area contributed by atoms with Crippen LogP contribution in [0.4, 0.5) is 0 Å². The maximum Gasteiger partial charge on any atom is 0.129 e. The van der Waals surface area contributed by atoms with Crippen molar-refractivity contribution >= 4 is 8.07 Å². The van der Waals surface area contributed by atoms with E-state index < -0.39 is 8.07 Å². The Morgan fingerprint density at radius 2 is 1.89 bits per heavy atom. The molecule has 1 heterocycles. The maximum absolute atomic E-state index is 4.20. The first-order chi connectivity index (χ1) is 8.53. The van der Waals surface area contributed by atoms with Gasteiger partial charge in [0.05, 0.1) is 6.54 Å². The van der Waals surface area contributed by atoms with Gasteiger partial charge in [-0.05, 0) is 23.8 Å². The molecule has 3 heteroatoms. The Bertz CT molecular complexity index is 551. The topological polar surface area (TPSA) is 17.8 Å². The van der Waals surface area contributed by atoms with E-state index in [1.54, 1.807) is 6.20 Å². The molecule has 2 aromatic rings. The molecule has 0 spiro atoms. The molecule has 0 fully saturated rings. The third-order valence-electron chi connectivity index (χ3n) is 2.44. The maximum atomic E-state index is 4.20. The second kappa shape index (κ2) is 5.24. The Balaban J connectivity index is 2.08. The summed E-state index contributed by atoms with van der Waals surface area (Å²) in [5.41, 5.74) is 5.72. The third-order valence-corrected chi connectivity index (χ3v) is 3.31. The van der Waals surface area contributed by atoms with E-state index in [0.29, 0.717) is 0 Å². The molecule has 0 aliphatic rings. The lowest BCUT2D eigenvalue weighted by Gasteiger charge is -2.04. The van der Waals surface area contributed by atoms with Gasteiger partial charge < -0.3 is 0 Å². The van der Waals surface area contributed by atoms with E-state index in [9.17, 15) is 0 Å². The van der Waals surface area contributed by atoms with Crippen molar-refractivity contribution in [3.8, 4) is 11.5 Å². The SMILES string of the molecule is C[Si](C)(C)C#Cc1ccc(Cn2cccn2)cc1. The van der Waals surface area contributed by atoms with Crippen LogP contribution in [-0.2, 0) is 6.54 Å². The molecule has 0 aliphatic carbocycles. The molecule has 0 amide bonds. The average Bonchev–Trinajstić information content (AvgIpc) is 2.80. The number of aromatic nitrogens is 2.